The normalized spacial score (nSPS) is 49.9. The summed E-state index contributed by atoms with van der Waals surface area (Å²) in [6.45, 7) is 1.22. The third-order valence-electron chi connectivity index (χ3n) is 7.64. The van der Waals surface area contributed by atoms with Crippen LogP contribution in [0.15, 0.2) is 23.8 Å². The maximum atomic E-state index is 12.2. The highest BCUT2D eigenvalue weighted by molar-refractivity contribution is 6.01. The molecule has 0 saturated heterocycles. The Morgan fingerprint density at radius 2 is 2.00 bits per heavy atom. The molecule has 3 saturated carbocycles. The van der Waals surface area contributed by atoms with Crippen LogP contribution in [-0.2, 0) is 9.59 Å². The third kappa shape index (κ3) is 2.19. The van der Waals surface area contributed by atoms with Gasteiger partial charge in [-0.1, -0.05) is 18.6 Å². The molecule has 142 valence electrons. The fraction of sp³-hybridized carbons (Fsp3) is 0.700. The maximum absolute atomic E-state index is 12.2. The second kappa shape index (κ2) is 5.83. The van der Waals surface area contributed by atoms with E-state index in [0.29, 0.717) is 6.42 Å². The van der Waals surface area contributed by atoms with Gasteiger partial charge in [0.05, 0.1) is 12.2 Å². The molecule has 6 nitrogen and oxygen atoms in total. The Labute approximate surface area is 152 Å². The van der Waals surface area contributed by atoms with Crippen molar-refractivity contribution in [3.63, 3.8) is 0 Å². The summed E-state index contributed by atoms with van der Waals surface area (Å²) in [4.78, 5) is 24.0. The molecule has 0 aromatic rings. The summed E-state index contributed by atoms with van der Waals surface area (Å²) in [5.74, 6) is -1.53. The number of hydrogen-bond donors (Lipinski definition) is 4. The summed E-state index contributed by atoms with van der Waals surface area (Å²) < 4.78 is 0. The Kier molecular flexibility index (Phi) is 4.04. The second-order valence-corrected chi connectivity index (χ2v) is 8.65. The first-order valence-corrected chi connectivity index (χ1v) is 9.40. The van der Waals surface area contributed by atoms with E-state index in [4.69, 9.17) is 0 Å². The Balaban J connectivity index is 1.72. The van der Waals surface area contributed by atoms with Crippen LogP contribution in [0.2, 0.25) is 0 Å². The van der Waals surface area contributed by atoms with Crippen LogP contribution in [0.25, 0.3) is 0 Å². The van der Waals surface area contributed by atoms with Gasteiger partial charge in [0.1, 0.15) is 6.61 Å². The van der Waals surface area contributed by atoms with Crippen LogP contribution in [0.3, 0.4) is 0 Å². The number of rotatable bonds is 2. The number of fused-ring (bicyclic) bond motifs is 5. The van der Waals surface area contributed by atoms with Gasteiger partial charge in [-0.25, -0.2) is 0 Å². The largest absolute Gasteiger partial charge is 0.393 e. The number of Topliss-reactive ketones (excluding diaryl/α,β-unsaturated/α-hetero) is 1. The molecular weight excluding hydrogens is 336 g/mol. The molecule has 4 rings (SSSR count). The van der Waals surface area contributed by atoms with Crippen molar-refractivity contribution in [1.82, 2.24) is 0 Å². The molecule has 26 heavy (non-hydrogen) atoms. The van der Waals surface area contributed by atoms with Crippen LogP contribution in [0.1, 0.15) is 32.6 Å². The van der Waals surface area contributed by atoms with E-state index in [2.05, 4.69) is 0 Å². The van der Waals surface area contributed by atoms with Gasteiger partial charge in [-0.3, -0.25) is 9.59 Å². The van der Waals surface area contributed by atoms with Gasteiger partial charge in [-0.15, -0.1) is 0 Å². The molecule has 4 N–H and O–H groups in total. The van der Waals surface area contributed by atoms with Crippen molar-refractivity contribution in [1.29, 1.82) is 0 Å². The number of carbonyl (C=O) groups excluding carboxylic acids is 2. The molecule has 0 heterocycles. The van der Waals surface area contributed by atoms with Gasteiger partial charge in [0.15, 0.2) is 17.2 Å². The zero-order chi connectivity index (χ0) is 18.9. The van der Waals surface area contributed by atoms with Gasteiger partial charge in [-0.2, -0.15) is 0 Å². The number of aliphatic hydroxyl groups is 4. The molecule has 0 aliphatic heterocycles. The number of hydrogen-bond acceptors (Lipinski definition) is 6. The van der Waals surface area contributed by atoms with E-state index in [9.17, 15) is 30.0 Å². The fourth-order valence-corrected chi connectivity index (χ4v) is 6.45. The molecule has 0 radical (unpaired) electrons. The number of carbonyl (C=O) groups is 2. The zero-order valence-electron chi connectivity index (χ0n) is 14.8. The summed E-state index contributed by atoms with van der Waals surface area (Å²) in [5.41, 5.74) is -1.38. The van der Waals surface area contributed by atoms with Crippen molar-refractivity contribution in [2.45, 2.75) is 50.4 Å². The van der Waals surface area contributed by atoms with E-state index in [1.165, 1.54) is 0 Å². The first-order valence-electron chi connectivity index (χ1n) is 9.40. The average Bonchev–Trinajstić information content (AvgIpc) is 2.87. The van der Waals surface area contributed by atoms with Gasteiger partial charge in [0, 0.05) is 17.3 Å². The minimum absolute atomic E-state index is 0.0293. The Bertz CT molecular complexity index is 711. The predicted molar refractivity (Wildman–Crippen MR) is 91.8 cm³/mol. The van der Waals surface area contributed by atoms with E-state index >= 15 is 0 Å². The molecular formula is C20H26O6. The van der Waals surface area contributed by atoms with Gasteiger partial charge in [0.25, 0.3) is 0 Å². The van der Waals surface area contributed by atoms with Crippen molar-refractivity contribution in [3.8, 4) is 0 Å². The summed E-state index contributed by atoms with van der Waals surface area (Å²) in [6.07, 6.45) is 5.11. The molecule has 4 aliphatic rings. The van der Waals surface area contributed by atoms with Crippen LogP contribution < -0.4 is 0 Å². The molecule has 0 aromatic heterocycles. The molecule has 0 unspecified atom stereocenters. The van der Waals surface area contributed by atoms with Gasteiger partial charge in [-0.05, 0) is 49.7 Å². The molecule has 0 spiro atoms. The molecule has 3 fully saturated rings. The predicted octanol–water partition coefficient (Wildman–Crippen LogP) is 0.138. The smallest absolute Gasteiger partial charge is 0.192 e. The van der Waals surface area contributed by atoms with Crippen LogP contribution >= 0.6 is 0 Å². The SMILES string of the molecule is C[C@]12C=CC(=O)C=C1CC[C@H]1[C@@H]3C[C@@H](O)[C@](O)(C(=O)CO)[C@H]3C[C@H](O)[C@@H]12. The number of ketones is 2. The van der Waals surface area contributed by atoms with Crippen molar-refractivity contribution in [2.75, 3.05) is 6.61 Å². The van der Waals surface area contributed by atoms with Crippen LogP contribution in [0.5, 0.6) is 0 Å². The standard InChI is InChI=1S/C20H26O6/c1-19-5-4-11(22)6-10(19)2-3-12-13-7-16(24)20(26,17(25)9-21)14(13)8-15(23)18(12)19/h4-6,12-16,18,21,23-24,26H,2-3,7-9H2,1H3/t12-,13-,14-,15-,16+,18+,19-,20-/m0/s1. The Morgan fingerprint density at radius 1 is 1.27 bits per heavy atom. The number of allylic oxidation sites excluding steroid dienone is 4. The fourth-order valence-electron chi connectivity index (χ4n) is 6.45. The highest BCUT2D eigenvalue weighted by Crippen LogP contribution is 2.62. The molecule has 8 atom stereocenters. The first-order chi connectivity index (χ1) is 12.2. The minimum atomic E-state index is -1.99. The Hall–Kier alpha value is -1.34. The highest BCUT2D eigenvalue weighted by Gasteiger charge is 2.65. The van der Waals surface area contributed by atoms with Crippen molar-refractivity contribution >= 4 is 11.6 Å². The van der Waals surface area contributed by atoms with E-state index in [1.807, 2.05) is 13.0 Å². The topological polar surface area (TPSA) is 115 Å². The zero-order valence-corrected chi connectivity index (χ0v) is 14.8. The molecule has 6 heteroatoms. The Morgan fingerprint density at radius 3 is 2.69 bits per heavy atom. The highest BCUT2D eigenvalue weighted by atomic mass is 16.4. The van der Waals surface area contributed by atoms with Crippen LogP contribution in [-0.4, -0.2) is 56.4 Å². The van der Waals surface area contributed by atoms with Crippen LogP contribution in [0, 0.1) is 29.1 Å². The van der Waals surface area contributed by atoms with E-state index in [0.717, 1.165) is 18.4 Å². The van der Waals surface area contributed by atoms with Crippen LogP contribution in [0.4, 0.5) is 0 Å². The van der Waals surface area contributed by atoms with Gasteiger partial charge >= 0.3 is 0 Å². The molecule has 0 bridgehead atoms. The van der Waals surface area contributed by atoms with E-state index in [1.54, 1.807) is 12.2 Å². The lowest BCUT2D eigenvalue weighted by Crippen LogP contribution is -2.58. The first kappa shape index (κ1) is 18.0. The van der Waals surface area contributed by atoms with Gasteiger partial charge < -0.3 is 20.4 Å². The summed E-state index contributed by atoms with van der Waals surface area (Å²) >= 11 is 0. The lowest BCUT2D eigenvalue weighted by atomic mass is 9.49. The van der Waals surface area contributed by atoms with Crippen molar-refractivity contribution < 1.29 is 30.0 Å². The molecule has 0 aromatic carbocycles. The second-order valence-electron chi connectivity index (χ2n) is 8.65. The summed E-state index contributed by atoms with van der Waals surface area (Å²) in [6, 6.07) is 0. The molecule has 0 amide bonds. The molecule has 4 aliphatic carbocycles. The summed E-state index contributed by atoms with van der Waals surface area (Å²) in [5, 5.41) is 41.6. The summed E-state index contributed by atoms with van der Waals surface area (Å²) in [7, 11) is 0. The van der Waals surface area contributed by atoms with Crippen molar-refractivity contribution in [3.05, 3.63) is 23.8 Å². The van der Waals surface area contributed by atoms with E-state index < -0.39 is 41.5 Å². The quantitative estimate of drug-likeness (QED) is 0.555. The van der Waals surface area contributed by atoms with Crippen molar-refractivity contribution in [2.24, 2.45) is 29.1 Å². The van der Waals surface area contributed by atoms with Gasteiger partial charge in [0.2, 0.25) is 0 Å². The lowest BCUT2D eigenvalue weighted by molar-refractivity contribution is -0.165. The maximum Gasteiger partial charge on any atom is 0.192 e. The third-order valence-corrected chi connectivity index (χ3v) is 7.64. The monoisotopic (exact) mass is 362 g/mol. The number of aliphatic hydroxyl groups excluding tert-OH is 3. The van der Waals surface area contributed by atoms with E-state index in [-0.39, 0.29) is 30.0 Å². The minimum Gasteiger partial charge on any atom is -0.393 e. The average molecular weight is 362 g/mol. The lowest BCUT2D eigenvalue weighted by Gasteiger charge is -2.56.